The van der Waals surface area contributed by atoms with Gasteiger partial charge in [-0.15, -0.1) is 6.42 Å². The summed E-state index contributed by atoms with van der Waals surface area (Å²) in [5.41, 5.74) is -3.46. The second-order valence-electron chi connectivity index (χ2n) is 7.60. The molecule has 2 aromatic rings. The lowest BCUT2D eigenvalue weighted by Gasteiger charge is -2.32. The molecule has 1 aliphatic rings. The number of carbonyl (C=O) groups is 1. The maximum Gasteiger partial charge on any atom is 0.413 e. The first-order valence-corrected chi connectivity index (χ1v) is 8.47. The molecule has 3 rings (SSSR count). The van der Waals surface area contributed by atoms with Gasteiger partial charge in [0.2, 0.25) is 5.60 Å². The quantitative estimate of drug-likeness (QED) is 0.514. The highest BCUT2D eigenvalue weighted by atomic mass is 19.2. The van der Waals surface area contributed by atoms with E-state index in [9.17, 15) is 29.6 Å². The summed E-state index contributed by atoms with van der Waals surface area (Å²) in [5.74, 6) is -1.19. The van der Waals surface area contributed by atoms with Crippen LogP contribution in [0.1, 0.15) is 27.0 Å². The number of alkyl halides is 1. The van der Waals surface area contributed by atoms with Gasteiger partial charge in [0.1, 0.15) is 12.9 Å². The van der Waals surface area contributed by atoms with Gasteiger partial charge in [-0.05, 0) is 20.8 Å². The Morgan fingerprint density at radius 1 is 1.45 bits per heavy atom. The zero-order chi connectivity index (χ0) is 21.8. The SMILES string of the molecule is C#C[C@]1(O)[C@H](n2cnc3c(N(C(=O)O)C(C)(C)C)ncnc32)O[C@](F)(CO)[C@H]1O. The molecule has 4 N–H and O–H groups in total. The molecular formula is C17H20FN5O6. The van der Waals surface area contributed by atoms with Crippen molar-refractivity contribution in [3.05, 3.63) is 12.7 Å². The molecule has 11 nitrogen and oxygen atoms in total. The van der Waals surface area contributed by atoms with E-state index in [-0.39, 0.29) is 17.0 Å². The number of amides is 1. The zero-order valence-corrected chi connectivity index (χ0v) is 15.8. The molecule has 3 heterocycles. The number of anilines is 1. The van der Waals surface area contributed by atoms with Crippen LogP contribution in [0.3, 0.4) is 0 Å². The van der Waals surface area contributed by atoms with Crippen LogP contribution in [0.2, 0.25) is 0 Å². The van der Waals surface area contributed by atoms with Crippen molar-refractivity contribution in [1.29, 1.82) is 0 Å². The normalized spacial score (nSPS) is 29.7. The number of hydrogen-bond acceptors (Lipinski definition) is 8. The molecule has 0 radical (unpaired) electrons. The molecule has 0 saturated carbocycles. The van der Waals surface area contributed by atoms with Crippen molar-refractivity contribution in [2.24, 2.45) is 0 Å². The summed E-state index contributed by atoms with van der Waals surface area (Å²) >= 11 is 0. The minimum absolute atomic E-state index is 0.0163. The smallest absolute Gasteiger partial charge is 0.413 e. The van der Waals surface area contributed by atoms with Gasteiger partial charge in [0.25, 0.3) is 5.85 Å². The van der Waals surface area contributed by atoms with Gasteiger partial charge in [-0.1, -0.05) is 5.92 Å². The monoisotopic (exact) mass is 409 g/mol. The maximum absolute atomic E-state index is 14.7. The lowest BCUT2D eigenvalue weighted by atomic mass is 9.94. The third kappa shape index (κ3) is 2.99. The summed E-state index contributed by atoms with van der Waals surface area (Å²) in [6, 6.07) is 0. The number of nitrogens with zero attached hydrogens (tertiary/aromatic N) is 5. The van der Waals surface area contributed by atoms with Crippen molar-refractivity contribution in [3.63, 3.8) is 0 Å². The Balaban J connectivity index is 2.19. The van der Waals surface area contributed by atoms with Crippen LogP contribution >= 0.6 is 0 Å². The lowest BCUT2D eigenvalue weighted by molar-refractivity contribution is -0.206. The lowest BCUT2D eigenvalue weighted by Crippen LogP contribution is -2.49. The Kier molecular flexibility index (Phi) is 4.75. The topological polar surface area (TPSA) is 154 Å². The molecule has 29 heavy (non-hydrogen) atoms. The van der Waals surface area contributed by atoms with E-state index < -0.39 is 42.0 Å². The summed E-state index contributed by atoms with van der Waals surface area (Å²) < 4.78 is 20.8. The summed E-state index contributed by atoms with van der Waals surface area (Å²) in [4.78, 5) is 24.9. The molecule has 1 saturated heterocycles. The average molecular weight is 409 g/mol. The summed E-state index contributed by atoms with van der Waals surface area (Å²) in [6.07, 6.45) is 2.20. The van der Waals surface area contributed by atoms with Crippen LogP contribution in [-0.2, 0) is 4.74 Å². The number of aromatic nitrogens is 4. The van der Waals surface area contributed by atoms with Gasteiger partial charge < -0.3 is 25.2 Å². The van der Waals surface area contributed by atoms with Gasteiger partial charge in [0.05, 0.1) is 6.33 Å². The van der Waals surface area contributed by atoms with Crippen molar-refractivity contribution in [1.82, 2.24) is 19.5 Å². The minimum atomic E-state index is -3.03. The van der Waals surface area contributed by atoms with E-state index in [1.165, 1.54) is 0 Å². The summed E-state index contributed by atoms with van der Waals surface area (Å²) in [7, 11) is 0. The average Bonchev–Trinajstić information content (AvgIpc) is 3.15. The molecule has 1 aliphatic heterocycles. The molecule has 0 aliphatic carbocycles. The van der Waals surface area contributed by atoms with Gasteiger partial charge in [-0.3, -0.25) is 9.47 Å². The van der Waals surface area contributed by atoms with Crippen molar-refractivity contribution in [3.8, 4) is 12.3 Å². The van der Waals surface area contributed by atoms with Gasteiger partial charge >= 0.3 is 6.09 Å². The van der Waals surface area contributed by atoms with Crippen LogP contribution in [0.5, 0.6) is 0 Å². The number of imidazole rings is 1. The number of halogens is 1. The molecular weight excluding hydrogens is 389 g/mol. The van der Waals surface area contributed by atoms with Gasteiger partial charge in [0.15, 0.2) is 29.3 Å². The largest absolute Gasteiger partial charge is 0.465 e. The Labute approximate surface area is 164 Å². The third-order valence-corrected chi connectivity index (χ3v) is 4.62. The first kappa shape index (κ1) is 20.9. The van der Waals surface area contributed by atoms with Crippen LogP contribution in [-0.4, -0.2) is 75.7 Å². The molecule has 2 aromatic heterocycles. The fourth-order valence-electron chi connectivity index (χ4n) is 3.22. The number of terminal acetylenes is 1. The standard InChI is InChI=1S/C17H20FN5O6/c1-5-16(28)12(25)17(18,6-24)29-13(16)22-8-21-9-10(22)19-7-20-11(9)23(14(26)27)15(2,3)4/h1,7-8,12-13,24-25,28H,6H2,2-4H3,(H,26,27)/t12-,13+,16+,17+/m0/s1. The first-order valence-electron chi connectivity index (χ1n) is 8.47. The van der Waals surface area contributed by atoms with Crippen LogP contribution in [0, 0.1) is 12.3 Å². The molecule has 0 bridgehead atoms. The Morgan fingerprint density at radius 3 is 2.62 bits per heavy atom. The highest BCUT2D eigenvalue weighted by Crippen LogP contribution is 2.46. The molecule has 12 heteroatoms. The molecule has 4 atom stereocenters. The predicted molar refractivity (Wildman–Crippen MR) is 96.4 cm³/mol. The number of aliphatic hydroxyl groups excluding tert-OH is 2. The third-order valence-electron chi connectivity index (χ3n) is 4.62. The van der Waals surface area contributed by atoms with Gasteiger partial charge in [-0.25, -0.2) is 24.1 Å². The number of fused-ring (bicyclic) bond motifs is 1. The fourth-order valence-corrected chi connectivity index (χ4v) is 3.22. The number of carboxylic acid groups (broad SMARTS) is 1. The Hall–Kier alpha value is -2.85. The minimum Gasteiger partial charge on any atom is -0.465 e. The second-order valence-corrected chi connectivity index (χ2v) is 7.60. The van der Waals surface area contributed by atoms with E-state index in [2.05, 4.69) is 15.0 Å². The Morgan fingerprint density at radius 2 is 2.10 bits per heavy atom. The van der Waals surface area contributed by atoms with Crippen LogP contribution < -0.4 is 4.90 Å². The molecule has 1 fully saturated rings. The van der Waals surface area contributed by atoms with E-state index in [1.807, 2.05) is 5.92 Å². The molecule has 0 spiro atoms. The summed E-state index contributed by atoms with van der Waals surface area (Å²) in [5, 5.41) is 39.7. The molecule has 1 amide bonds. The highest BCUT2D eigenvalue weighted by Gasteiger charge is 2.65. The number of rotatable bonds is 3. The van der Waals surface area contributed by atoms with Crippen molar-refractivity contribution in [2.75, 3.05) is 11.5 Å². The maximum atomic E-state index is 14.7. The Bertz CT molecular complexity index is 1000. The van der Waals surface area contributed by atoms with E-state index >= 15 is 0 Å². The van der Waals surface area contributed by atoms with E-state index in [0.29, 0.717) is 0 Å². The number of aliphatic hydroxyl groups is 3. The van der Waals surface area contributed by atoms with E-state index in [0.717, 1.165) is 22.1 Å². The van der Waals surface area contributed by atoms with Crippen molar-refractivity contribution in [2.45, 2.75) is 50.1 Å². The van der Waals surface area contributed by atoms with Gasteiger partial charge in [-0.2, -0.15) is 0 Å². The van der Waals surface area contributed by atoms with Crippen LogP contribution in [0.25, 0.3) is 11.2 Å². The van der Waals surface area contributed by atoms with Crippen LogP contribution in [0.4, 0.5) is 15.0 Å². The number of ether oxygens (including phenoxy) is 1. The summed E-state index contributed by atoms with van der Waals surface area (Å²) in [6.45, 7) is 3.69. The number of hydrogen-bond donors (Lipinski definition) is 4. The van der Waals surface area contributed by atoms with Crippen molar-refractivity contribution < 1.29 is 34.3 Å². The van der Waals surface area contributed by atoms with Crippen molar-refractivity contribution >= 4 is 23.1 Å². The van der Waals surface area contributed by atoms with E-state index in [4.69, 9.17) is 11.2 Å². The van der Waals surface area contributed by atoms with Crippen LogP contribution in [0.15, 0.2) is 12.7 Å². The highest BCUT2D eigenvalue weighted by molar-refractivity contribution is 5.95. The van der Waals surface area contributed by atoms with E-state index in [1.54, 1.807) is 20.8 Å². The zero-order valence-electron chi connectivity index (χ0n) is 15.8. The molecule has 0 aromatic carbocycles. The fraction of sp³-hybridized carbons (Fsp3) is 0.529. The predicted octanol–water partition coefficient (Wildman–Crippen LogP) is 0.0213. The first-order chi connectivity index (χ1) is 13.4. The molecule has 156 valence electrons. The van der Waals surface area contributed by atoms with Gasteiger partial charge in [0, 0.05) is 5.54 Å². The second kappa shape index (κ2) is 6.60. The molecule has 0 unspecified atom stereocenters.